The molecule has 0 aliphatic heterocycles. The van der Waals surface area contributed by atoms with E-state index in [-0.39, 0.29) is 0 Å². The van der Waals surface area contributed by atoms with Crippen molar-refractivity contribution in [2.45, 2.75) is 46.0 Å². The molecule has 0 radical (unpaired) electrons. The van der Waals surface area contributed by atoms with Crippen LogP contribution in [0.3, 0.4) is 0 Å². The van der Waals surface area contributed by atoms with Crippen LogP contribution in [0.25, 0.3) is 0 Å². The minimum absolute atomic E-state index is 0.993. The van der Waals surface area contributed by atoms with Gasteiger partial charge >= 0.3 is 0 Å². The lowest BCUT2D eigenvalue weighted by Crippen LogP contribution is -2.25. The summed E-state index contributed by atoms with van der Waals surface area (Å²) in [4.78, 5) is 0. The first-order chi connectivity index (χ1) is 5.24. The average molecular weight is 152 g/mol. The molecular formula is C11H20. The largest absolute Gasteiger partial charge is 0.100 e. The third-order valence-corrected chi connectivity index (χ3v) is 2.85. The van der Waals surface area contributed by atoms with Crippen LogP contribution in [0.15, 0.2) is 12.2 Å². The summed E-state index contributed by atoms with van der Waals surface area (Å²) in [5.74, 6) is 2.03. The molecular weight excluding hydrogens is 132 g/mol. The quantitative estimate of drug-likeness (QED) is 0.538. The van der Waals surface area contributed by atoms with Crippen LogP contribution >= 0.6 is 0 Å². The lowest BCUT2D eigenvalue weighted by molar-refractivity contribution is 0.162. The molecule has 0 aromatic heterocycles. The summed E-state index contributed by atoms with van der Waals surface area (Å²) in [5.41, 5.74) is 1.37. The summed E-state index contributed by atoms with van der Waals surface area (Å²) < 4.78 is 0. The standard InChI is InChI=1S/C11H20/c1-4-5-10-6-7-11(10)8-9(2)3/h10-11H,2,4-8H2,1,3H3. The van der Waals surface area contributed by atoms with Gasteiger partial charge in [-0.1, -0.05) is 25.3 Å². The molecule has 0 heteroatoms. The Balaban J connectivity index is 2.20. The van der Waals surface area contributed by atoms with Crippen LogP contribution in [-0.2, 0) is 0 Å². The maximum atomic E-state index is 3.97. The Labute approximate surface area is 70.7 Å². The minimum Gasteiger partial charge on any atom is -0.100 e. The van der Waals surface area contributed by atoms with E-state index >= 15 is 0 Å². The van der Waals surface area contributed by atoms with Crippen molar-refractivity contribution >= 4 is 0 Å². The predicted molar refractivity (Wildman–Crippen MR) is 50.6 cm³/mol. The molecule has 0 N–H and O–H groups in total. The van der Waals surface area contributed by atoms with Gasteiger partial charge in [-0.25, -0.2) is 0 Å². The van der Waals surface area contributed by atoms with Gasteiger partial charge in [-0.05, 0) is 38.0 Å². The van der Waals surface area contributed by atoms with Gasteiger partial charge in [0, 0.05) is 0 Å². The van der Waals surface area contributed by atoms with Crippen molar-refractivity contribution in [1.82, 2.24) is 0 Å². The number of rotatable bonds is 4. The minimum atomic E-state index is 0.993. The number of hydrogen-bond donors (Lipinski definition) is 0. The average Bonchev–Trinajstić information content (AvgIpc) is 1.93. The second kappa shape index (κ2) is 3.94. The summed E-state index contributed by atoms with van der Waals surface area (Å²) in [6.45, 7) is 8.41. The van der Waals surface area contributed by atoms with Crippen molar-refractivity contribution in [2.24, 2.45) is 11.8 Å². The SMILES string of the molecule is C=C(C)CC1CCC1CCC. The third-order valence-electron chi connectivity index (χ3n) is 2.85. The lowest BCUT2D eigenvalue weighted by Gasteiger charge is -2.37. The van der Waals surface area contributed by atoms with Gasteiger partial charge in [-0.15, -0.1) is 6.58 Å². The zero-order valence-corrected chi connectivity index (χ0v) is 7.90. The van der Waals surface area contributed by atoms with E-state index in [1.165, 1.54) is 37.7 Å². The summed E-state index contributed by atoms with van der Waals surface area (Å²) >= 11 is 0. The monoisotopic (exact) mass is 152 g/mol. The molecule has 0 aromatic rings. The van der Waals surface area contributed by atoms with Crippen LogP contribution in [-0.4, -0.2) is 0 Å². The molecule has 1 aliphatic carbocycles. The Morgan fingerprint density at radius 3 is 2.36 bits per heavy atom. The number of hydrogen-bond acceptors (Lipinski definition) is 0. The van der Waals surface area contributed by atoms with Crippen LogP contribution in [0.5, 0.6) is 0 Å². The molecule has 0 aromatic carbocycles. The van der Waals surface area contributed by atoms with Gasteiger partial charge in [-0.3, -0.25) is 0 Å². The Kier molecular flexibility index (Phi) is 3.16. The molecule has 0 spiro atoms. The van der Waals surface area contributed by atoms with Gasteiger partial charge in [0.15, 0.2) is 0 Å². The summed E-state index contributed by atoms with van der Waals surface area (Å²) in [7, 11) is 0. The fourth-order valence-electron chi connectivity index (χ4n) is 2.11. The molecule has 1 rings (SSSR count). The zero-order chi connectivity index (χ0) is 8.27. The molecule has 1 saturated carbocycles. The fraction of sp³-hybridized carbons (Fsp3) is 0.818. The molecule has 0 bridgehead atoms. The van der Waals surface area contributed by atoms with Crippen molar-refractivity contribution in [2.75, 3.05) is 0 Å². The Bertz CT molecular complexity index is 135. The third kappa shape index (κ3) is 2.36. The van der Waals surface area contributed by atoms with E-state index in [2.05, 4.69) is 20.4 Å². The molecule has 2 atom stereocenters. The van der Waals surface area contributed by atoms with E-state index in [9.17, 15) is 0 Å². The molecule has 64 valence electrons. The van der Waals surface area contributed by atoms with Gasteiger partial charge < -0.3 is 0 Å². The van der Waals surface area contributed by atoms with Gasteiger partial charge in [0.2, 0.25) is 0 Å². The first-order valence-electron chi connectivity index (χ1n) is 4.88. The fourth-order valence-corrected chi connectivity index (χ4v) is 2.11. The first kappa shape index (κ1) is 8.83. The Morgan fingerprint density at radius 2 is 2.00 bits per heavy atom. The van der Waals surface area contributed by atoms with Crippen LogP contribution < -0.4 is 0 Å². The normalized spacial score (nSPS) is 29.6. The molecule has 1 aliphatic rings. The predicted octanol–water partition coefficient (Wildman–Crippen LogP) is 3.78. The highest BCUT2D eigenvalue weighted by molar-refractivity contribution is 4.95. The highest BCUT2D eigenvalue weighted by Crippen LogP contribution is 2.40. The lowest BCUT2D eigenvalue weighted by atomic mass is 9.69. The second-order valence-electron chi connectivity index (χ2n) is 4.05. The highest BCUT2D eigenvalue weighted by atomic mass is 14.3. The molecule has 2 unspecified atom stereocenters. The molecule has 1 fully saturated rings. The van der Waals surface area contributed by atoms with Crippen molar-refractivity contribution in [1.29, 1.82) is 0 Å². The Morgan fingerprint density at radius 1 is 1.36 bits per heavy atom. The molecule has 0 nitrogen and oxygen atoms in total. The van der Waals surface area contributed by atoms with Gasteiger partial charge in [-0.2, -0.15) is 0 Å². The van der Waals surface area contributed by atoms with E-state index in [1.54, 1.807) is 0 Å². The maximum absolute atomic E-state index is 3.97. The topological polar surface area (TPSA) is 0 Å². The van der Waals surface area contributed by atoms with E-state index in [0.717, 1.165) is 11.8 Å². The number of allylic oxidation sites excluding steroid dienone is 1. The second-order valence-corrected chi connectivity index (χ2v) is 4.05. The van der Waals surface area contributed by atoms with E-state index in [0.29, 0.717) is 0 Å². The van der Waals surface area contributed by atoms with E-state index in [4.69, 9.17) is 0 Å². The van der Waals surface area contributed by atoms with E-state index in [1.807, 2.05) is 0 Å². The van der Waals surface area contributed by atoms with E-state index < -0.39 is 0 Å². The van der Waals surface area contributed by atoms with Gasteiger partial charge in [0.05, 0.1) is 0 Å². The van der Waals surface area contributed by atoms with Gasteiger partial charge in [0.1, 0.15) is 0 Å². The zero-order valence-electron chi connectivity index (χ0n) is 7.90. The van der Waals surface area contributed by atoms with Crippen LogP contribution in [0.4, 0.5) is 0 Å². The van der Waals surface area contributed by atoms with Gasteiger partial charge in [0.25, 0.3) is 0 Å². The Hall–Kier alpha value is -0.260. The van der Waals surface area contributed by atoms with Crippen LogP contribution in [0.1, 0.15) is 46.0 Å². The maximum Gasteiger partial charge on any atom is -0.0295 e. The summed E-state index contributed by atoms with van der Waals surface area (Å²) in [6.07, 6.45) is 7.02. The summed E-state index contributed by atoms with van der Waals surface area (Å²) in [6, 6.07) is 0. The molecule has 0 saturated heterocycles. The first-order valence-corrected chi connectivity index (χ1v) is 4.88. The van der Waals surface area contributed by atoms with Crippen LogP contribution in [0, 0.1) is 11.8 Å². The summed E-state index contributed by atoms with van der Waals surface area (Å²) in [5, 5.41) is 0. The van der Waals surface area contributed by atoms with Crippen molar-refractivity contribution in [3.8, 4) is 0 Å². The van der Waals surface area contributed by atoms with Crippen molar-refractivity contribution in [3.05, 3.63) is 12.2 Å². The smallest absolute Gasteiger partial charge is 0.0295 e. The molecule has 11 heavy (non-hydrogen) atoms. The van der Waals surface area contributed by atoms with Crippen molar-refractivity contribution < 1.29 is 0 Å². The highest BCUT2D eigenvalue weighted by Gasteiger charge is 2.29. The van der Waals surface area contributed by atoms with Crippen molar-refractivity contribution in [3.63, 3.8) is 0 Å². The molecule has 0 heterocycles. The molecule has 0 amide bonds. The van der Waals surface area contributed by atoms with Crippen LogP contribution in [0.2, 0.25) is 0 Å².